The Morgan fingerprint density at radius 2 is 1.78 bits per heavy atom. The van der Waals surface area contributed by atoms with Crippen molar-refractivity contribution < 1.29 is 9.59 Å². The molecule has 27 heavy (non-hydrogen) atoms. The van der Waals surface area contributed by atoms with E-state index in [1.165, 1.54) is 0 Å². The molecule has 150 valence electrons. The third kappa shape index (κ3) is 4.64. The van der Waals surface area contributed by atoms with Gasteiger partial charge in [0.1, 0.15) is 0 Å². The Morgan fingerprint density at radius 1 is 1.11 bits per heavy atom. The normalized spacial score (nSPS) is 23.7. The van der Waals surface area contributed by atoms with Crippen LogP contribution in [0.5, 0.6) is 0 Å². The highest BCUT2D eigenvalue weighted by atomic mass is 35.5. The summed E-state index contributed by atoms with van der Waals surface area (Å²) >= 11 is 0. The molecule has 1 saturated carbocycles. The Balaban J connectivity index is 0.00000261. The molecule has 5 nitrogen and oxygen atoms in total. The number of fused-ring (bicyclic) bond motifs is 1. The van der Waals surface area contributed by atoms with Gasteiger partial charge in [-0.3, -0.25) is 9.59 Å². The van der Waals surface area contributed by atoms with Gasteiger partial charge in [0.25, 0.3) is 11.8 Å². The fraction of sp³-hybridized carbons (Fsp3) is 0.619. The molecular formula is C21H32ClN3O2. The maximum absolute atomic E-state index is 12.9. The predicted molar refractivity (Wildman–Crippen MR) is 110 cm³/mol. The molecule has 1 aliphatic heterocycles. The van der Waals surface area contributed by atoms with Crippen molar-refractivity contribution in [2.75, 3.05) is 26.2 Å². The lowest BCUT2D eigenvalue weighted by molar-refractivity contribution is 0.0755. The summed E-state index contributed by atoms with van der Waals surface area (Å²) in [5.74, 6) is 1.03. The smallest absolute Gasteiger partial charge is 0.253 e. The second-order valence-electron chi connectivity index (χ2n) is 7.75. The van der Waals surface area contributed by atoms with Crippen LogP contribution in [0.4, 0.5) is 0 Å². The van der Waals surface area contributed by atoms with E-state index >= 15 is 0 Å². The molecule has 1 heterocycles. The summed E-state index contributed by atoms with van der Waals surface area (Å²) in [6.07, 6.45) is 4.06. The lowest BCUT2D eigenvalue weighted by atomic mass is 9.98. The first-order valence-corrected chi connectivity index (χ1v) is 9.99. The Morgan fingerprint density at radius 3 is 2.41 bits per heavy atom. The Bertz CT molecular complexity index is 661. The van der Waals surface area contributed by atoms with Crippen LogP contribution in [0.25, 0.3) is 0 Å². The molecule has 3 unspecified atom stereocenters. The summed E-state index contributed by atoms with van der Waals surface area (Å²) in [5.41, 5.74) is 7.40. The second-order valence-corrected chi connectivity index (χ2v) is 7.75. The molecule has 1 saturated heterocycles. The first-order valence-electron chi connectivity index (χ1n) is 9.99. The quantitative estimate of drug-likeness (QED) is 0.807. The number of nitrogens with two attached hydrogens (primary N) is 1. The number of hydrogen-bond donors (Lipinski definition) is 1. The largest absolute Gasteiger partial charge is 0.339 e. The number of likely N-dealkylation sites (tertiary alicyclic amines) is 1. The van der Waals surface area contributed by atoms with Crippen molar-refractivity contribution in [3.63, 3.8) is 0 Å². The number of carbonyl (C=O) groups excluding carboxylic acids is 2. The second kappa shape index (κ2) is 9.56. The summed E-state index contributed by atoms with van der Waals surface area (Å²) in [5, 5.41) is 0. The Labute approximate surface area is 168 Å². The maximum Gasteiger partial charge on any atom is 0.253 e. The first kappa shape index (κ1) is 21.7. The monoisotopic (exact) mass is 393 g/mol. The molecule has 0 bridgehead atoms. The number of benzene rings is 1. The summed E-state index contributed by atoms with van der Waals surface area (Å²) < 4.78 is 0. The van der Waals surface area contributed by atoms with Crippen LogP contribution >= 0.6 is 12.4 Å². The topological polar surface area (TPSA) is 66.6 Å². The fourth-order valence-corrected chi connectivity index (χ4v) is 4.48. The van der Waals surface area contributed by atoms with Gasteiger partial charge in [0.15, 0.2) is 0 Å². The number of carbonyl (C=O) groups is 2. The van der Waals surface area contributed by atoms with Gasteiger partial charge in [0.2, 0.25) is 0 Å². The number of hydrogen-bond acceptors (Lipinski definition) is 3. The Hall–Kier alpha value is -1.59. The number of nitrogens with zero attached hydrogens (tertiary/aromatic N) is 2. The van der Waals surface area contributed by atoms with Gasteiger partial charge in [-0.2, -0.15) is 0 Å². The summed E-state index contributed by atoms with van der Waals surface area (Å²) in [6.45, 7) is 7.19. The summed E-state index contributed by atoms with van der Waals surface area (Å²) in [4.78, 5) is 29.6. The fourth-order valence-electron chi connectivity index (χ4n) is 4.48. The van der Waals surface area contributed by atoms with Crippen LogP contribution in [0, 0.1) is 11.8 Å². The van der Waals surface area contributed by atoms with Crippen molar-refractivity contribution in [1.82, 2.24) is 9.80 Å². The van der Waals surface area contributed by atoms with Gasteiger partial charge in [-0.05, 0) is 55.7 Å². The summed E-state index contributed by atoms with van der Waals surface area (Å²) in [7, 11) is 0. The lowest BCUT2D eigenvalue weighted by Crippen LogP contribution is -2.34. The van der Waals surface area contributed by atoms with Gasteiger partial charge in [-0.1, -0.05) is 19.9 Å². The third-order valence-corrected chi connectivity index (χ3v) is 5.83. The van der Waals surface area contributed by atoms with Gasteiger partial charge < -0.3 is 15.5 Å². The van der Waals surface area contributed by atoms with Crippen molar-refractivity contribution in [2.24, 2.45) is 17.6 Å². The van der Waals surface area contributed by atoms with Crippen LogP contribution in [0.1, 0.15) is 60.2 Å². The number of amides is 2. The zero-order chi connectivity index (χ0) is 18.7. The standard InChI is InChI=1S/C21H31N3O2.ClH/c1-3-10-23(11-4-2)20(25)15-6-5-7-16(12-15)21(26)24-13-17-8-9-19(22)18(17)14-24;/h5-7,12,17-19H,3-4,8-11,13-14,22H2,1-2H3;1H. The Kier molecular flexibility index (Phi) is 7.68. The minimum atomic E-state index is 0. The molecule has 0 aromatic heterocycles. The maximum atomic E-state index is 12.9. The van der Waals surface area contributed by atoms with Crippen molar-refractivity contribution in [3.8, 4) is 0 Å². The zero-order valence-corrected chi connectivity index (χ0v) is 17.2. The van der Waals surface area contributed by atoms with Crippen molar-refractivity contribution >= 4 is 24.2 Å². The molecular weight excluding hydrogens is 362 g/mol. The molecule has 1 aromatic carbocycles. The van der Waals surface area contributed by atoms with E-state index in [1.807, 2.05) is 28.0 Å². The zero-order valence-electron chi connectivity index (χ0n) is 16.4. The molecule has 1 aromatic rings. The molecule has 3 atom stereocenters. The molecule has 0 radical (unpaired) electrons. The van der Waals surface area contributed by atoms with Crippen LogP contribution in [0.2, 0.25) is 0 Å². The van der Waals surface area contributed by atoms with E-state index in [4.69, 9.17) is 5.73 Å². The highest BCUT2D eigenvalue weighted by Crippen LogP contribution is 2.37. The van der Waals surface area contributed by atoms with E-state index < -0.39 is 0 Å². The first-order chi connectivity index (χ1) is 12.5. The summed E-state index contributed by atoms with van der Waals surface area (Å²) in [6, 6.07) is 7.43. The molecule has 6 heteroatoms. The van der Waals surface area contributed by atoms with Crippen LogP contribution < -0.4 is 5.73 Å². The predicted octanol–water partition coefficient (Wildman–Crippen LogP) is 3.18. The number of halogens is 1. The molecule has 2 amide bonds. The van der Waals surface area contributed by atoms with Crippen molar-refractivity contribution in [3.05, 3.63) is 35.4 Å². The van der Waals surface area contributed by atoms with Crippen LogP contribution in [0.15, 0.2) is 24.3 Å². The molecule has 2 N–H and O–H groups in total. The molecule has 3 rings (SSSR count). The third-order valence-electron chi connectivity index (χ3n) is 5.83. The minimum absolute atomic E-state index is 0. The lowest BCUT2D eigenvalue weighted by Gasteiger charge is -2.22. The highest BCUT2D eigenvalue weighted by Gasteiger charge is 2.42. The molecule has 0 spiro atoms. The van der Waals surface area contributed by atoms with E-state index in [0.29, 0.717) is 23.0 Å². The van der Waals surface area contributed by atoms with Crippen LogP contribution in [-0.4, -0.2) is 53.8 Å². The van der Waals surface area contributed by atoms with E-state index in [0.717, 1.165) is 51.9 Å². The molecule has 1 aliphatic carbocycles. The highest BCUT2D eigenvalue weighted by molar-refractivity contribution is 5.99. The van der Waals surface area contributed by atoms with Crippen molar-refractivity contribution in [1.29, 1.82) is 0 Å². The minimum Gasteiger partial charge on any atom is -0.339 e. The van der Waals surface area contributed by atoms with Crippen LogP contribution in [-0.2, 0) is 0 Å². The SMILES string of the molecule is CCCN(CCC)C(=O)c1cccc(C(=O)N2CC3CCC(N)C3C2)c1.Cl. The van der Waals surface area contributed by atoms with Gasteiger partial charge in [-0.25, -0.2) is 0 Å². The number of rotatable bonds is 6. The van der Waals surface area contributed by atoms with E-state index in [9.17, 15) is 9.59 Å². The van der Waals surface area contributed by atoms with Gasteiger partial charge >= 0.3 is 0 Å². The van der Waals surface area contributed by atoms with Gasteiger partial charge in [-0.15, -0.1) is 12.4 Å². The van der Waals surface area contributed by atoms with Crippen molar-refractivity contribution in [2.45, 2.75) is 45.6 Å². The van der Waals surface area contributed by atoms with Gasteiger partial charge in [0, 0.05) is 43.3 Å². The molecule has 2 aliphatic rings. The molecule has 2 fully saturated rings. The average Bonchev–Trinajstić information content (AvgIpc) is 3.23. The van der Waals surface area contributed by atoms with Crippen LogP contribution in [0.3, 0.4) is 0 Å². The van der Waals surface area contributed by atoms with Gasteiger partial charge in [0.05, 0.1) is 0 Å². The van der Waals surface area contributed by atoms with E-state index in [-0.39, 0.29) is 30.3 Å². The average molecular weight is 394 g/mol. The van der Waals surface area contributed by atoms with E-state index in [2.05, 4.69) is 13.8 Å². The van der Waals surface area contributed by atoms with E-state index in [1.54, 1.807) is 6.07 Å².